The van der Waals surface area contributed by atoms with Gasteiger partial charge in [0.25, 0.3) is 5.56 Å². The Kier molecular flexibility index (Phi) is 8.07. The fraction of sp³-hybridized carbons (Fsp3) is 0.458. The Bertz CT molecular complexity index is 1480. The predicted molar refractivity (Wildman–Crippen MR) is 147 cm³/mol. The molecule has 1 aromatic heterocycles. The molecule has 2 aromatic rings. The van der Waals surface area contributed by atoms with E-state index in [1.54, 1.807) is 13.0 Å². The normalized spacial score (nSPS) is 17.4. The van der Waals surface area contributed by atoms with E-state index in [0.29, 0.717) is 18.7 Å². The Morgan fingerprint density at radius 3 is 2.54 bits per heavy atom. The first-order chi connectivity index (χ1) is 17.0. The molecule has 0 radical (unpaired) electrons. The van der Waals surface area contributed by atoms with E-state index in [2.05, 4.69) is 19.9 Å². The van der Waals surface area contributed by atoms with E-state index < -0.39 is 28.9 Å². The summed E-state index contributed by atoms with van der Waals surface area (Å²) in [7, 11) is -7.54. The summed E-state index contributed by atoms with van der Waals surface area (Å²) in [4.78, 5) is 13.5. The highest BCUT2D eigenvalue weighted by atomic mass is 32.2. The highest BCUT2D eigenvalue weighted by molar-refractivity contribution is 7.92. The van der Waals surface area contributed by atoms with Gasteiger partial charge in [-0.2, -0.15) is 9.86 Å². The zero-order chi connectivity index (χ0) is 27.8. The Labute approximate surface area is 217 Å². The number of aryl methyl sites for hydroxylation is 1. The minimum atomic E-state index is -3.96. The number of aromatic nitrogens is 2. The van der Waals surface area contributed by atoms with E-state index in [9.17, 15) is 22.9 Å². The van der Waals surface area contributed by atoms with Crippen LogP contribution in [0.3, 0.4) is 0 Å². The molecule has 2 heterocycles. The van der Waals surface area contributed by atoms with Gasteiger partial charge in [0.05, 0.1) is 23.9 Å². The molecule has 37 heavy (non-hydrogen) atoms. The average Bonchev–Trinajstić information content (AvgIpc) is 2.73. The van der Waals surface area contributed by atoms with Crippen LogP contribution in [0.4, 0.5) is 11.4 Å². The SMILES string of the molecule is CCOP1(=O)N=C(c2c(O)c(C=C(C)C)nn(CCC(C)(C)C)c2=O)Nc2ccc(NS(C)(=O)=O)cc21. The monoisotopic (exact) mass is 551 g/mol. The quantitative estimate of drug-likeness (QED) is 0.418. The second-order valence-electron chi connectivity index (χ2n) is 10.3. The van der Waals surface area contributed by atoms with Gasteiger partial charge >= 0.3 is 7.52 Å². The first-order valence-corrected chi connectivity index (χ1v) is 15.2. The lowest BCUT2D eigenvalue weighted by molar-refractivity contribution is 0.334. The molecular weight excluding hydrogens is 517 g/mol. The molecule has 0 saturated heterocycles. The molecule has 1 aliphatic heterocycles. The van der Waals surface area contributed by atoms with Gasteiger partial charge in [-0.15, -0.1) is 0 Å². The van der Waals surface area contributed by atoms with Crippen molar-refractivity contribution < 1.29 is 22.6 Å². The molecule has 3 N–H and O–H groups in total. The van der Waals surface area contributed by atoms with Crippen molar-refractivity contribution in [2.24, 2.45) is 10.2 Å². The number of rotatable bonds is 8. The van der Waals surface area contributed by atoms with E-state index in [-0.39, 0.29) is 40.1 Å². The number of nitrogens with one attached hydrogen (secondary N) is 2. The summed E-state index contributed by atoms with van der Waals surface area (Å²) in [5.41, 5.74) is 0.672. The van der Waals surface area contributed by atoms with Crippen LogP contribution in [0.25, 0.3) is 6.08 Å². The molecule has 13 heteroatoms. The third kappa shape index (κ3) is 6.88. The number of sulfonamides is 1. The number of benzene rings is 1. The van der Waals surface area contributed by atoms with Gasteiger partial charge < -0.3 is 14.9 Å². The molecule has 0 bridgehead atoms. The summed E-state index contributed by atoms with van der Waals surface area (Å²) in [5.74, 6) is -0.516. The van der Waals surface area contributed by atoms with Crippen LogP contribution in [0, 0.1) is 5.41 Å². The zero-order valence-electron chi connectivity index (χ0n) is 22.1. The Morgan fingerprint density at radius 1 is 1.30 bits per heavy atom. The molecule has 0 fully saturated rings. The van der Waals surface area contributed by atoms with E-state index in [0.717, 1.165) is 11.8 Å². The van der Waals surface area contributed by atoms with Crippen molar-refractivity contribution in [2.45, 2.75) is 54.5 Å². The summed E-state index contributed by atoms with van der Waals surface area (Å²) in [5, 5.41) is 18.6. The number of amidine groups is 1. The zero-order valence-corrected chi connectivity index (χ0v) is 23.8. The molecule has 1 aromatic carbocycles. The summed E-state index contributed by atoms with van der Waals surface area (Å²) in [6.07, 6.45) is 3.30. The van der Waals surface area contributed by atoms with Gasteiger partial charge in [0.15, 0.2) is 11.6 Å². The maximum absolute atomic E-state index is 13.9. The van der Waals surface area contributed by atoms with Gasteiger partial charge in [-0.3, -0.25) is 14.1 Å². The number of aromatic hydroxyl groups is 1. The maximum Gasteiger partial charge on any atom is 0.348 e. The van der Waals surface area contributed by atoms with Crippen LogP contribution < -0.4 is 20.9 Å². The van der Waals surface area contributed by atoms with Crippen LogP contribution in [-0.2, 0) is 25.7 Å². The minimum absolute atomic E-state index is 0.0401. The maximum atomic E-state index is 13.9. The lowest BCUT2D eigenvalue weighted by Crippen LogP contribution is -2.35. The fourth-order valence-electron chi connectivity index (χ4n) is 3.63. The molecule has 0 saturated carbocycles. The summed E-state index contributed by atoms with van der Waals surface area (Å²) >= 11 is 0. The lowest BCUT2D eigenvalue weighted by Gasteiger charge is -2.26. The van der Waals surface area contributed by atoms with Gasteiger partial charge in [-0.05, 0) is 56.9 Å². The molecule has 202 valence electrons. The largest absolute Gasteiger partial charge is 0.505 e. The van der Waals surface area contributed by atoms with Gasteiger partial charge in [-0.1, -0.05) is 26.3 Å². The first-order valence-electron chi connectivity index (χ1n) is 11.8. The van der Waals surface area contributed by atoms with Gasteiger partial charge in [-0.25, -0.2) is 13.1 Å². The summed E-state index contributed by atoms with van der Waals surface area (Å²) in [6, 6.07) is 4.37. The molecule has 0 aliphatic carbocycles. The van der Waals surface area contributed by atoms with Crippen molar-refractivity contribution in [3.8, 4) is 5.75 Å². The fourth-order valence-corrected chi connectivity index (χ4v) is 5.99. The second-order valence-corrected chi connectivity index (χ2v) is 14.0. The molecule has 0 amide bonds. The minimum Gasteiger partial charge on any atom is -0.505 e. The van der Waals surface area contributed by atoms with Crippen molar-refractivity contribution >= 4 is 46.1 Å². The number of allylic oxidation sites excluding steroid dienone is 1. The number of hydrogen-bond donors (Lipinski definition) is 3. The number of hydrogen-bond acceptors (Lipinski definition) is 8. The standard InChI is InChI=1S/C24H34N5O6PS/c1-8-35-36(32)19-14-16(28-37(7,33)34)9-10-17(19)25-22(27-36)20-21(30)18(13-15(2)3)26-29(23(20)31)12-11-24(4,5)6/h9-10,13-14,28,30H,8,11-12H2,1-7H3,(H,25,27,32). The summed E-state index contributed by atoms with van der Waals surface area (Å²) < 4.78 is 50.8. The number of nitrogens with zero attached hydrogens (tertiary/aromatic N) is 3. The third-order valence-electron chi connectivity index (χ3n) is 5.29. The molecule has 1 atom stereocenters. The van der Waals surface area contributed by atoms with Crippen LogP contribution in [-0.4, -0.2) is 42.0 Å². The van der Waals surface area contributed by atoms with Crippen LogP contribution in [0.15, 0.2) is 33.3 Å². The molecular formula is C24H34N5O6PS. The average molecular weight is 552 g/mol. The van der Waals surface area contributed by atoms with Crippen molar-refractivity contribution in [3.05, 3.63) is 45.4 Å². The van der Waals surface area contributed by atoms with Crippen LogP contribution in [0.1, 0.15) is 59.2 Å². The van der Waals surface area contributed by atoms with E-state index in [4.69, 9.17) is 4.52 Å². The van der Waals surface area contributed by atoms with E-state index in [1.165, 1.54) is 22.9 Å². The van der Waals surface area contributed by atoms with E-state index in [1.807, 2.05) is 34.6 Å². The van der Waals surface area contributed by atoms with Gasteiger partial charge in [0.2, 0.25) is 10.0 Å². The van der Waals surface area contributed by atoms with Gasteiger partial charge in [0.1, 0.15) is 11.3 Å². The first kappa shape index (κ1) is 28.6. The molecule has 11 nitrogen and oxygen atoms in total. The Morgan fingerprint density at radius 2 is 1.97 bits per heavy atom. The van der Waals surface area contributed by atoms with Crippen molar-refractivity contribution in [2.75, 3.05) is 22.9 Å². The van der Waals surface area contributed by atoms with Crippen molar-refractivity contribution in [1.82, 2.24) is 9.78 Å². The van der Waals surface area contributed by atoms with Gasteiger partial charge in [0, 0.05) is 12.2 Å². The Hall–Kier alpha value is -2.95. The molecule has 0 spiro atoms. The molecule has 1 aliphatic rings. The highest BCUT2D eigenvalue weighted by Gasteiger charge is 2.36. The van der Waals surface area contributed by atoms with Crippen LogP contribution in [0.5, 0.6) is 5.75 Å². The summed E-state index contributed by atoms with van der Waals surface area (Å²) in [6.45, 7) is 11.8. The number of anilines is 2. The lowest BCUT2D eigenvalue weighted by atomic mass is 9.92. The van der Waals surface area contributed by atoms with Crippen molar-refractivity contribution in [3.63, 3.8) is 0 Å². The second kappa shape index (κ2) is 10.4. The highest BCUT2D eigenvalue weighted by Crippen LogP contribution is 2.52. The molecule has 3 rings (SSSR count). The predicted octanol–water partition coefficient (Wildman–Crippen LogP) is 3.91. The molecule has 1 unspecified atom stereocenters. The third-order valence-corrected chi connectivity index (χ3v) is 7.94. The van der Waals surface area contributed by atoms with Crippen LogP contribution in [0.2, 0.25) is 0 Å². The van der Waals surface area contributed by atoms with Crippen molar-refractivity contribution in [1.29, 1.82) is 0 Å². The smallest absolute Gasteiger partial charge is 0.348 e. The topological polar surface area (TPSA) is 152 Å². The Balaban J connectivity index is 2.23. The van der Waals surface area contributed by atoms with E-state index >= 15 is 0 Å². The van der Waals surface area contributed by atoms with Crippen LogP contribution >= 0.6 is 7.52 Å². The number of fused-ring (bicyclic) bond motifs is 1.